The number of nitrogens with one attached hydrogen (secondary N) is 2. The van der Waals surface area contributed by atoms with Crippen LogP contribution in [0, 0.1) is 0 Å². The van der Waals surface area contributed by atoms with Crippen LogP contribution in [0.15, 0.2) is 54.7 Å². The van der Waals surface area contributed by atoms with Crippen LogP contribution in [0.2, 0.25) is 0 Å². The summed E-state index contributed by atoms with van der Waals surface area (Å²) in [7, 11) is 0. The molecule has 24 heavy (non-hydrogen) atoms. The van der Waals surface area contributed by atoms with Gasteiger partial charge in [-0.2, -0.15) is 5.10 Å². The van der Waals surface area contributed by atoms with Crippen molar-refractivity contribution < 1.29 is 0 Å². The monoisotopic (exact) mass is 319 g/mol. The van der Waals surface area contributed by atoms with Gasteiger partial charge >= 0.3 is 0 Å². The lowest BCUT2D eigenvalue weighted by atomic mass is 10.1. The minimum absolute atomic E-state index is 0.707. The Hall–Kier alpha value is -2.82. The van der Waals surface area contributed by atoms with Crippen LogP contribution in [0.4, 0.5) is 17.2 Å². The van der Waals surface area contributed by atoms with Crippen LogP contribution in [0.5, 0.6) is 0 Å². The predicted molar refractivity (Wildman–Crippen MR) is 96.5 cm³/mol. The highest BCUT2D eigenvalue weighted by Gasteiger charge is 2.11. The van der Waals surface area contributed by atoms with E-state index in [-0.39, 0.29) is 0 Å². The van der Waals surface area contributed by atoms with Crippen molar-refractivity contribution in [2.75, 3.05) is 10.6 Å². The van der Waals surface area contributed by atoms with Crippen molar-refractivity contribution in [3.05, 3.63) is 66.1 Å². The van der Waals surface area contributed by atoms with Crippen molar-refractivity contribution in [2.45, 2.75) is 32.4 Å². The van der Waals surface area contributed by atoms with Crippen LogP contribution < -0.4 is 10.6 Å². The van der Waals surface area contributed by atoms with Gasteiger partial charge in [-0.05, 0) is 49.6 Å². The zero-order chi connectivity index (χ0) is 16.2. The van der Waals surface area contributed by atoms with Crippen molar-refractivity contribution in [3.63, 3.8) is 0 Å². The van der Waals surface area contributed by atoms with Crippen molar-refractivity contribution in [3.8, 4) is 0 Å². The maximum Gasteiger partial charge on any atom is 0.126 e. The third-order valence-electron chi connectivity index (χ3n) is 4.24. The van der Waals surface area contributed by atoms with Gasteiger partial charge in [0, 0.05) is 17.9 Å². The number of benzene rings is 1. The summed E-state index contributed by atoms with van der Waals surface area (Å²) in [5, 5.41) is 11.3. The number of aromatic nitrogens is 3. The van der Waals surface area contributed by atoms with E-state index in [0.29, 0.717) is 6.54 Å². The highest BCUT2D eigenvalue weighted by molar-refractivity contribution is 5.59. The zero-order valence-electron chi connectivity index (χ0n) is 13.6. The molecular formula is C19H21N5. The molecule has 0 fully saturated rings. The summed E-state index contributed by atoms with van der Waals surface area (Å²) in [6.07, 6.45) is 5.49. The summed E-state index contributed by atoms with van der Waals surface area (Å²) in [5.41, 5.74) is 4.47. The fourth-order valence-electron chi connectivity index (χ4n) is 3.01. The van der Waals surface area contributed by atoms with Gasteiger partial charge in [0.15, 0.2) is 0 Å². The van der Waals surface area contributed by atoms with Crippen LogP contribution in [-0.2, 0) is 19.5 Å². The second kappa shape index (κ2) is 6.74. The Balaban J connectivity index is 1.36. The first-order chi connectivity index (χ1) is 11.9. The average Bonchev–Trinajstić information content (AvgIpc) is 3.05. The van der Waals surface area contributed by atoms with Crippen molar-refractivity contribution >= 4 is 17.2 Å². The van der Waals surface area contributed by atoms with E-state index in [1.54, 1.807) is 0 Å². The molecule has 0 saturated heterocycles. The number of hydrogen-bond donors (Lipinski definition) is 2. The number of nitrogens with zero attached hydrogens (tertiary/aromatic N) is 3. The van der Waals surface area contributed by atoms with Crippen LogP contribution in [0.3, 0.4) is 0 Å². The first-order valence-corrected chi connectivity index (χ1v) is 8.44. The summed E-state index contributed by atoms with van der Waals surface area (Å²) in [6, 6.07) is 16.3. The van der Waals surface area contributed by atoms with Crippen LogP contribution in [-0.4, -0.2) is 14.8 Å². The summed E-state index contributed by atoms with van der Waals surface area (Å²) in [5.74, 6) is 0.861. The van der Waals surface area contributed by atoms with E-state index in [0.717, 1.165) is 35.9 Å². The summed E-state index contributed by atoms with van der Waals surface area (Å²) in [4.78, 5) is 4.46. The molecule has 5 nitrogen and oxygen atoms in total. The second-order valence-electron chi connectivity index (χ2n) is 6.08. The fraction of sp³-hybridized carbons (Fsp3) is 0.263. The molecule has 3 heterocycles. The number of para-hydroxylation sites is 1. The first kappa shape index (κ1) is 14.8. The molecule has 5 heteroatoms. The molecule has 0 spiro atoms. The van der Waals surface area contributed by atoms with Gasteiger partial charge in [-0.25, -0.2) is 4.98 Å². The van der Waals surface area contributed by atoms with Gasteiger partial charge in [0.05, 0.1) is 24.1 Å². The molecule has 2 aromatic heterocycles. The van der Waals surface area contributed by atoms with Gasteiger partial charge in [-0.3, -0.25) is 4.68 Å². The lowest BCUT2D eigenvalue weighted by molar-refractivity contribution is 0.484. The van der Waals surface area contributed by atoms with Crippen molar-refractivity contribution in [1.82, 2.24) is 14.8 Å². The van der Waals surface area contributed by atoms with E-state index in [9.17, 15) is 0 Å². The van der Waals surface area contributed by atoms with E-state index in [4.69, 9.17) is 0 Å². The van der Waals surface area contributed by atoms with Gasteiger partial charge in [0.2, 0.25) is 0 Å². The first-order valence-electron chi connectivity index (χ1n) is 8.44. The van der Waals surface area contributed by atoms with Gasteiger partial charge in [0.25, 0.3) is 0 Å². The Morgan fingerprint density at radius 2 is 1.92 bits per heavy atom. The molecule has 0 atom stereocenters. The highest BCUT2D eigenvalue weighted by atomic mass is 15.3. The lowest BCUT2D eigenvalue weighted by Gasteiger charge is -2.11. The molecule has 1 aliphatic rings. The summed E-state index contributed by atoms with van der Waals surface area (Å²) < 4.78 is 2.14. The second-order valence-corrected chi connectivity index (χ2v) is 6.08. The number of aryl methyl sites for hydroxylation is 2. The van der Waals surface area contributed by atoms with E-state index >= 15 is 0 Å². The Morgan fingerprint density at radius 1 is 1.00 bits per heavy atom. The molecule has 0 aliphatic carbocycles. The SMILES string of the molecule is c1ccc(Nc2ccc(NCc3cc4n(n3)CCCC4)nc2)cc1. The summed E-state index contributed by atoms with van der Waals surface area (Å²) in [6.45, 7) is 1.76. The molecule has 0 bridgehead atoms. The molecule has 1 aliphatic heterocycles. The largest absolute Gasteiger partial charge is 0.364 e. The maximum absolute atomic E-state index is 4.65. The molecule has 3 aromatic rings. The van der Waals surface area contributed by atoms with Crippen LogP contribution >= 0.6 is 0 Å². The molecular weight excluding hydrogens is 298 g/mol. The molecule has 122 valence electrons. The number of pyridine rings is 1. The highest BCUT2D eigenvalue weighted by Crippen LogP contribution is 2.18. The van der Waals surface area contributed by atoms with Gasteiger partial charge < -0.3 is 10.6 Å². The molecule has 0 unspecified atom stereocenters. The summed E-state index contributed by atoms with van der Waals surface area (Å²) >= 11 is 0. The Bertz CT molecular complexity index is 769. The average molecular weight is 319 g/mol. The Kier molecular flexibility index (Phi) is 4.14. The molecule has 4 rings (SSSR count). The topological polar surface area (TPSA) is 54.8 Å². The predicted octanol–water partition coefficient (Wildman–Crippen LogP) is 3.97. The van der Waals surface area contributed by atoms with E-state index in [1.807, 2.05) is 48.7 Å². The third-order valence-corrected chi connectivity index (χ3v) is 4.24. The Morgan fingerprint density at radius 3 is 2.71 bits per heavy atom. The quantitative estimate of drug-likeness (QED) is 0.747. The lowest BCUT2D eigenvalue weighted by Crippen LogP contribution is -2.11. The number of rotatable bonds is 5. The Labute approximate surface area is 141 Å². The van der Waals surface area contributed by atoms with Crippen molar-refractivity contribution in [1.29, 1.82) is 0 Å². The smallest absolute Gasteiger partial charge is 0.126 e. The number of anilines is 3. The van der Waals surface area contributed by atoms with Crippen LogP contribution in [0.1, 0.15) is 24.2 Å². The van der Waals surface area contributed by atoms with E-state index in [1.165, 1.54) is 18.5 Å². The third kappa shape index (κ3) is 3.40. The normalized spacial score (nSPS) is 13.3. The molecule has 0 radical (unpaired) electrons. The molecule has 2 N–H and O–H groups in total. The van der Waals surface area contributed by atoms with E-state index < -0.39 is 0 Å². The van der Waals surface area contributed by atoms with E-state index in [2.05, 4.69) is 31.5 Å². The minimum atomic E-state index is 0.707. The van der Waals surface area contributed by atoms with Crippen molar-refractivity contribution in [2.24, 2.45) is 0 Å². The number of hydrogen-bond acceptors (Lipinski definition) is 4. The van der Waals surface area contributed by atoms with Crippen LogP contribution in [0.25, 0.3) is 0 Å². The van der Waals surface area contributed by atoms with Gasteiger partial charge in [-0.15, -0.1) is 0 Å². The number of fused-ring (bicyclic) bond motifs is 1. The van der Waals surface area contributed by atoms with Gasteiger partial charge in [-0.1, -0.05) is 18.2 Å². The van der Waals surface area contributed by atoms with Gasteiger partial charge in [0.1, 0.15) is 5.82 Å². The zero-order valence-corrected chi connectivity index (χ0v) is 13.6. The molecule has 0 amide bonds. The molecule has 0 saturated carbocycles. The fourth-order valence-corrected chi connectivity index (χ4v) is 3.01. The standard InChI is InChI=1S/C19H21N5/c1-2-6-15(7-3-1)22-16-9-10-19(20-13-16)21-14-17-12-18-8-4-5-11-24(18)23-17/h1-3,6-7,9-10,12-13,22H,4-5,8,11,14H2,(H,20,21). The minimum Gasteiger partial charge on any atom is -0.364 e. The maximum atomic E-state index is 4.65. The molecule has 1 aromatic carbocycles.